The second-order valence-electron chi connectivity index (χ2n) is 3.34. The highest BCUT2D eigenvalue weighted by Gasteiger charge is 2.04. The molecule has 0 bridgehead atoms. The minimum absolute atomic E-state index is 0.251. The van der Waals surface area contributed by atoms with Gasteiger partial charge in [-0.15, -0.1) is 0 Å². The Bertz CT molecular complexity index is 479. The van der Waals surface area contributed by atoms with Crippen molar-refractivity contribution in [2.45, 2.75) is 12.3 Å². The molecule has 1 aromatic carbocycles. The number of phenols is 1. The van der Waals surface area contributed by atoms with E-state index < -0.39 is 0 Å². The summed E-state index contributed by atoms with van der Waals surface area (Å²) in [6, 6.07) is 7.04. The molecule has 2 aromatic rings. The standard InChI is InChI=1S/C11H11BrN2O/c1-8-9(6-12)7-14(13-8)10-3-2-4-11(15)5-10/h2-5,7,15H,6H2,1H3. The summed E-state index contributed by atoms with van der Waals surface area (Å²) in [6.45, 7) is 1.97. The minimum Gasteiger partial charge on any atom is -0.508 e. The Labute approximate surface area is 96.5 Å². The molecule has 15 heavy (non-hydrogen) atoms. The number of alkyl halides is 1. The lowest BCUT2D eigenvalue weighted by Crippen LogP contribution is -1.93. The molecule has 0 atom stereocenters. The molecule has 2 rings (SSSR count). The lowest BCUT2D eigenvalue weighted by Gasteiger charge is -2.00. The van der Waals surface area contributed by atoms with Gasteiger partial charge in [0.1, 0.15) is 5.75 Å². The minimum atomic E-state index is 0.251. The Morgan fingerprint density at radius 3 is 2.87 bits per heavy atom. The summed E-state index contributed by atoms with van der Waals surface area (Å²) in [6.07, 6.45) is 1.96. The van der Waals surface area contributed by atoms with Crippen LogP contribution >= 0.6 is 15.9 Å². The smallest absolute Gasteiger partial charge is 0.117 e. The average Bonchev–Trinajstić information content (AvgIpc) is 2.60. The molecule has 1 N–H and O–H groups in total. The monoisotopic (exact) mass is 266 g/mol. The van der Waals surface area contributed by atoms with Gasteiger partial charge in [0.2, 0.25) is 0 Å². The first-order valence-corrected chi connectivity index (χ1v) is 5.73. The Hall–Kier alpha value is -1.29. The Morgan fingerprint density at radius 2 is 2.27 bits per heavy atom. The zero-order chi connectivity index (χ0) is 10.8. The molecule has 0 aliphatic heterocycles. The fourth-order valence-corrected chi connectivity index (χ4v) is 1.95. The first-order chi connectivity index (χ1) is 7.20. The summed E-state index contributed by atoms with van der Waals surface area (Å²) in [5.41, 5.74) is 3.01. The van der Waals surface area contributed by atoms with Gasteiger partial charge in [-0.05, 0) is 19.1 Å². The topological polar surface area (TPSA) is 38.0 Å². The van der Waals surface area contributed by atoms with Crippen molar-refractivity contribution in [1.29, 1.82) is 0 Å². The third-order valence-corrected chi connectivity index (χ3v) is 2.84. The number of benzene rings is 1. The van der Waals surface area contributed by atoms with Gasteiger partial charge in [0.25, 0.3) is 0 Å². The number of aromatic hydroxyl groups is 1. The molecule has 4 heteroatoms. The van der Waals surface area contributed by atoms with Crippen LogP contribution in [0.5, 0.6) is 5.75 Å². The van der Waals surface area contributed by atoms with E-state index in [1.165, 1.54) is 0 Å². The van der Waals surface area contributed by atoms with Crippen LogP contribution in [-0.2, 0) is 5.33 Å². The first kappa shape index (κ1) is 10.2. The van der Waals surface area contributed by atoms with Gasteiger partial charge in [0.05, 0.1) is 11.4 Å². The summed E-state index contributed by atoms with van der Waals surface area (Å²) in [5.74, 6) is 0.251. The summed E-state index contributed by atoms with van der Waals surface area (Å²) < 4.78 is 1.77. The summed E-state index contributed by atoms with van der Waals surface area (Å²) in [7, 11) is 0. The summed E-state index contributed by atoms with van der Waals surface area (Å²) in [5, 5.41) is 14.5. The number of aromatic nitrogens is 2. The molecule has 78 valence electrons. The van der Waals surface area contributed by atoms with Crippen LogP contribution < -0.4 is 0 Å². The van der Waals surface area contributed by atoms with E-state index in [9.17, 15) is 5.11 Å². The number of rotatable bonds is 2. The fraction of sp³-hybridized carbons (Fsp3) is 0.182. The highest BCUT2D eigenvalue weighted by atomic mass is 79.9. The van der Waals surface area contributed by atoms with Crippen LogP contribution in [0, 0.1) is 6.92 Å². The molecule has 0 amide bonds. The van der Waals surface area contributed by atoms with Gasteiger partial charge in [0.15, 0.2) is 0 Å². The van der Waals surface area contributed by atoms with Gasteiger partial charge in [-0.1, -0.05) is 22.0 Å². The molecule has 1 heterocycles. The van der Waals surface area contributed by atoms with Crippen LogP contribution in [0.2, 0.25) is 0 Å². The van der Waals surface area contributed by atoms with Crippen LogP contribution in [0.25, 0.3) is 5.69 Å². The highest BCUT2D eigenvalue weighted by molar-refractivity contribution is 9.08. The highest BCUT2D eigenvalue weighted by Crippen LogP contribution is 2.17. The largest absolute Gasteiger partial charge is 0.508 e. The van der Waals surface area contributed by atoms with E-state index in [-0.39, 0.29) is 5.75 Å². The third-order valence-electron chi connectivity index (χ3n) is 2.24. The van der Waals surface area contributed by atoms with Gasteiger partial charge in [-0.25, -0.2) is 4.68 Å². The maximum Gasteiger partial charge on any atom is 0.117 e. The number of halogens is 1. The molecule has 0 spiro atoms. The molecule has 0 aliphatic carbocycles. The average molecular weight is 267 g/mol. The Morgan fingerprint density at radius 1 is 1.47 bits per heavy atom. The fourth-order valence-electron chi connectivity index (χ4n) is 1.39. The van der Waals surface area contributed by atoms with Gasteiger partial charge in [-0.2, -0.15) is 5.10 Å². The molecule has 0 aliphatic rings. The summed E-state index contributed by atoms with van der Waals surface area (Å²) >= 11 is 3.41. The third kappa shape index (κ3) is 2.04. The van der Waals surface area contributed by atoms with Crippen molar-refractivity contribution in [2.24, 2.45) is 0 Å². The molecule has 0 fully saturated rings. The van der Waals surface area contributed by atoms with Crippen molar-refractivity contribution in [3.05, 3.63) is 41.7 Å². The van der Waals surface area contributed by atoms with E-state index in [1.807, 2.05) is 19.2 Å². The number of aryl methyl sites for hydroxylation is 1. The van der Waals surface area contributed by atoms with Crippen molar-refractivity contribution in [2.75, 3.05) is 0 Å². The maximum absolute atomic E-state index is 9.36. The molecule has 0 saturated carbocycles. The molecule has 0 radical (unpaired) electrons. The van der Waals surface area contributed by atoms with Crippen LogP contribution in [0.3, 0.4) is 0 Å². The molecular formula is C11H11BrN2O. The van der Waals surface area contributed by atoms with E-state index in [1.54, 1.807) is 22.9 Å². The van der Waals surface area contributed by atoms with Crippen LogP contribution in [-0.4, -0.2) is 14.9 Å². The number of nitrogens with zero attached hydrogens (tertiary/aromatic N) is 2. The SMILES string of the molecule is Cc1nn(-c2cccc(O)c2)cc1CBr. The molecule has 3 nitrogen and oxygen atoms in total. The van der Waals surface area contributed by atoms with Gasteiger partial charge in [0, 0.05) is 23.2 Å². The second-order valence-corrected chi connectivity index (χ2v) is 3.90. The van der Waals surface area contributed by atoms with E-state index in [0.717, 1.165) is 22.3 Å². The molecule has 0 saturated heterocycles. The van der Waals surface area contributed by atoms with Crippen molar-refractivity contribution >= 4 is 15.9 Å². The van der Waals surface area contributed by atoms with Crippen LogP contribution in [0.4, 0.5) is 0 Å². The van der Waals surface area contributed by atoms with Crippen molar-refractivity contribution < 1.29 is 5.11 Å². The van der Waals surface area contributed by atoms with Crippen LogP contribution in [0.15, 0.2) is 30.5 Å². The quantitative estimate of drug-likeness (QED) is 0.849. The lowest BCUT2D eigenvalue weighted by molar-refractivity contribution is 0.475. The second kappa shape index (κ2) is 4.06. The van der Waals surface area contributed by atoms with Gasteiger partial charge >= 0.3 is 0 Å². The number of phenolic OH excluding ortho intramolecular Hbond substituents is 1. The Kier molecular flexibility index (Phi) is 2.77. The van der Waals surface area contributed by atoms with Gasteiger partial charge < -0.3 is 5.11 Å². The number of hydrogen-bond donors (Lipinski definition) is 1. The van der Waals surface area contributed by atoms with Gasteiger partial charge in [-0.3, -0.25) is 0 Å². The zero-order valence-corrected chi connectivity index (χ0v) is 9.90. The predicted molar refractivity (Wildman–Crippen MR) is 62.6 cm³/mol. The summed E-state index contributed by atoms with van der Waals surface area (Å²) in [4.78, 5) is 0. The first-order valence-electron chi connectivity index (χ1n) is 4.61. The molecule has 0 unspecified atom stereocenters. The van der Waals surface area contributed by atoms with Crippen LogP contribution in [0.1, 0.15) is 11.3 Å². The van der Waals surface area contributed by atoms with E-state index in [2.05, 4.69) is 21.0 Å². The van der Waals surface area contributed by atoms with E-state index >= 15 is 0 Å². The molecule has 1 aromatic heterocycles. The van der Waals surface area contributed by atoms with E-state index in [4.69, 9.17) is 0 Å². The van der Waals surface area contributed by atoms with Crippen molar-refractivity contribution in [1.82, 2.24) is 9.78 Å². The molecular weight excluding hydrogens is 256 g/mol. The maximum atomic E-state index is 9.36. The normalized spacial score (nSPS) is 10.5. The van der Waals surface area contributed by atoms with Crippen molar-refractivity contribution in [3.63, 3.8) is 0 Å². The van der Waals surface area contributed by atoms with Crippen molar-refractivity contribution in [3.8, 4) is 11.4 Å². The Balaban J connectivity index is 2.45. The predicted octanol–water partition coefficient (Wildman–Crippen LogP) is 2.78. The number of hydrogen-bond acceptors (Lipinski definition) is 2. The lowest BCUT2D eigenvalue weighted by atomic mass is 10.3. The zero-order valence-electron chi connectivity index (χ0n) is 8.31. The van der Waals surface area contributed by atoms with E-state index in [0.29, 0.717) is 0 Å².